The second kappa shape index (κ2) is 5.90. The monoisotopic (exact) mass is 298 g/mol. The number of benzene rings is 2. The summed E-state index contributed by atoms with van der Waals surface area (Å²) in [5.74, 6) is 0.902. The first-order chi connectivity index (χ1) is 10.2. The minimum atomic E-state index is 0.296. The summed E-state index contributed by atoms with van der Waals surface area (Å²) in [4.78, 5) is 0. The molecular weight excluding hydrogens is 280 g/mol. The molecule has 3 heteroatoms. The van der Waals surface area contributed by atoms with Gasteiger partial charge in [0, 0.05) is 30.7 Å². The Morgan fingerprint density at radius 1 is 1.14 bits per heavy atom. The lowest BCUT2D eigenvalue weighted by molar-refractivity contribution is 0.707. The Morgan fingerprint density at radius 3 is 2.71 bits per heavy atom. The molecule has 3 aromatic rings. The average Bonchev–Trinajstić information content (AvgIpc) is 2.82. The van der Waals surface area contributed by atoms with E-state index in [0.29, 0.717) is 11.8 Å². The minimum Gasteiger partial charge on any atom is -0.268 e. The van der Waals surface area contributed by atoms with E-state index < -0.39 is 0 Å². The molecule has 0 N–H and O–H groups in total. The fourth-order valence-electron chi connectivity index (χ4n) is 2.86. The second-order valence-electron chi connectivity index (χ2n) is 5.56. The number of aromatic nitrogens is 2. The van der Waals surface area contributed by atoms with Crippen LogP contribution in [0.1, 0.15) is 22.7 Å². The van der Waals surface area contributed by atoms with Crippen molar-refractivity contribution in [2.75, 3.05) is 5.88 Å². The summed E-state index contributed by atoms with van der Waals surface area (Å²) >= 11 is 6.23. The third-order valence-electron chi connectivity index (χ3n) is 3.97. The zero-order valence-corrected chi connectivity index (χ0v) is 13.1. The van der Waals surface area contributed by atoms with Gasteiger partial charge in [0.1, 0.15) is 0 Å². The smallest absolute Gasteiger partial charge is 0.0709 e. The van der Waals surface area contributed by atoms with Crippen molar-refractivity contribution >= 4 is 22.5 Å². The van der Waals surface area contributed by atoms with Gasteiger partial charge in [0.25, 0.3) is 0 Å². The largest absolute Gasteiger partial charge is 0.268 e. The van der Waals surface area contributed by atoms with Gasteiger partial charge < -0.3 is 0 Å². The summed E-state index contributed by atoms with van der Waals surface area (Å²) in [5.41, 5.74) is 4.86. The van der Waals surface area contributed by atoms with Crippen molar-refractivity contribution in [2.45, 2.75) is 19.3 Å². The molecule has 0 aliphatic rings. The summed E-state index contributed by atoms with van der Waals surface area (Å²) in [7, 11) is 1.99. The first kappa shape index (κ1) is 14.2. The van der Waals surface area contributed by atoms with Crippen LogP contribution in [-0.4, -0.2) is 15.7 Å². The van der Waals surface area contributed by atoms with E-state index in [4.69, 9.17) is 11.6 Å². The van der Waals surface area contributed by atoms with E-state index in [1.807, 2.05) is 17.8 Å². The van der Waals surface area contributed by atoms with Crippen LogP contribution in [0, 0.1) is 6.92 Å². The Hall–Kier alpha value is -1.80. The molecule has 2 aromatic carbocycles. The Balaban J connectivity index is 1.96. The van der Waals surface area contributed by atoms with Crippen molar-refractivity contribution in [2.24, 2.45) is 7.05 Å². The highest BCUT2D eigenvalue weighted by molar-refractivity contribution is 6.18. The molecular formula is C18H19ClN2. The van der Waals surface area contributed by atoms with E-state index in [0.717, 1.165) is 12.1 Å². The molecule has 0 radical (unpaired) electrons. The number of fused-ring (bicyclic) bond motifs is 1. The zero-order chi connectivity index (χ0) is 14.8. The predicted octanol–water partition coefficient (Wildman–Crippen LogP) is 4.45. The number of rotatable bonds is 4. The van der Waals surface area contributed by atoms with Gasteiger partial charge in [-0.2, -0.15) is 5.10 Å². The molecule has 0 spiro atoms. The van der Waals surface area contributed by atoms with Crippen LogP contribution in [0.2, 0.25) is 0 Å². The fraction of sp³-hybridized carbons (Fsp3) is 0.278. The maximum Gasteiger partial charge on any atom is 0.0709 e. The predicted molar refractivity (Wildman–Crippen MR) is 89.1 cm³/mol. The molecule has 0 fully saturated rings. The minimum absolute atomic E-state index is 0.296. The van der Waals surface area contributed by atoms with E-state index in [9.17, 15) is 0 Å². The first-order valence-corrected chi connectivity index (χ1v) is 7.75. The van der Waals surface area contributed by atoms with Crippen molar-refractivity contribution < 1.29 is 0 Å². The number of alkyl halides is 1. The summed E-state index contributed by atoms with van der Waals surface area (Å²) < 4.78 is 1.95. The van der Waals surface area contributed by atoms with Gasteiger partial charge in [-0.25, -0.2) is 0 Å². The van der Waals surface area contributed by atoms with Crippen LogP contribution in [0.3, 0.4) is 0 Å². The number of hydrogen-bond donors (Lipinski definition) is 0. The SMILES string of the molecule is Cc1cccc(C(CCl)Cc2nn(C)c3ccccc23)c1. The summed E-state index contributed by atoms with van der Waals surface area (Å²) in [6, 6.07) is 17.0. The van der Waals surface area contributed by atoms with E-state index >= 15 is 0 Å². The molecule has 0 saturated carbocycles. The Morgan fingerprint density at radius 2 is 1.95 bits per heavy atom. The van der Waals surface area contributed by atoms with Crippen molar-refractivity contribution in [3.8, 4) is 0 Å². The first-order valence-electron chi connectivity index (χ1n) is 7.22. The summed E-state index contributed by atoms with van der Waals surface area (Å²) in [5, 5.41) is 5.91. The van der Waals surface area contributed by atoms with E-state index in [2.05, 4.69) is 54.5 Å². The molecule has 1 aromatic heterocycles. The number of para-hydroxylation sites is 1. The van der Waals surface area contributed by atoms with Gasteiger partial charge in [0.15, 0.2) is 0 Å². The van der Waals surface area contributed by atoms with Crippen LogP contribution in [0.5, 0.6) is 0 Å². The highest BCUT2D eigenvalue weighted by Gasteiger charge is 2.16. The molecule has 0 saturated heterocycles. The molecule has 2 nitrogen and oxygen atoms in total. The lowest BCUT2D eigenvalue weighted by atomic mass is 9.94. The summed E-state index contributed by atoms with van der Waals surface area (Å²) in [6.45, 7) is 2.12. The van der Waals surface area contributed by atoms with Gasteiger partial charge in [0.2, 0.25) is 0 Å². The maximum absolute atomic E-state index is 6.23. The number of hydrogen-bond acceptors (Lipinski definition) is 1. The molecule has 0 aliphatic carbocycles. The molecule has 0 aliphatic heterocycles. The topological polar surface area (TPSA) is 17.8 Å². The average molecular weight is 299 g/mol. The van der Waals surface area contributed by atoms with Crippen molar-refractivity contribution in [3.63, 3.8) is 0 Å². The van der Waals surface area contributed by atoms with Crippen LogP contribution in [0.4, 0.5) is 0 Å². The van der Waals surface area contributed by atoms with Gasteiger partial charge in [-0.05, 0) is 18.6 Å². The molecule has 1 heterocycles. The van der Waals surface area contributed by atoms with Gasteiger partial charge in [-0.15, -0.1) is 11.6 Å². The number of aryl methyl sites for hydroxylation is 2. The van der Waals surface area contributed by atoms with Crippen LogP contribution in [0.15, 0.2) is 48.5 Å². The highest BCUT2D eigenvalue weighted by atomic mass is 35.5. The van der Waals surface area contributed by atoms with Gasteiger partial charge in [-0.1, -0.05) is 48.0 Å². The van der Waals surface area contributed by atoms with Crippen LogP contribution in [-0.2, 0) is 13.5 Å². The number of nitrogens with zero attached hydrogens (tertiary/aromatic N) is 2. The zero-order valence-electron chi connectivity index (χ0n) is 12.4. The molecule has 108 valence electrons. The van der Waals surface area contributed by atoms with Gasteiger partial charge in [-0.3, -0.25) is 4.68 Å². The van der Waals surface area contributed by atoms with E-state index in [1.54, 1.807) is 0 Å². The van der Waals surface area contributed by atoms with Crippen LogP contribution in [0.25, 0.3) is 10.9 Å². The van der Waals surface area contributed by atoms with Crippen molar-refractivity contribution in [1.29, 1.82) is 0 Å². The lowest BCUT2D eigenvalue weighted by Gasteiger charge is -2.14. The maximum atomic E-state index is 6.23. The van der Waals surface area contributed by atoms with Crippen molar-refractivity contribution in [1.82, 2.24) is 9.78 Å². The third kappa shape index (κ3) is 2.81. The van der Waals surface area contributed by atoms with E-state index in [-0.39, 0.29) is 0 Å². The number of halogens is 1. The fourth-order valence-corrected chi connectivity index (χ4v) is 3.15. The Kier molecular flexibility index (Phi) is 3.98. The molecule has 0 amide bonds. The van der Waals surface area contributed by atoms with Crippen LogP contribution >= 0.6 is 11.6 Å². The van der Waals surface area contributed by atoms with Gasteiger partial charge in [0.05, 0.1) is 11.2 Å². The quantitative estimate of drug-likeness (QED) is 0.651. The second-order valence-corrected chi connectivity index (χ2v) is 5.87. The van der Waals surface area contributed by atoms with Crippen LogP contribution < -0.4 is 0 Å². The molecule has 21 heavy (non-hydrogen) atoms. The Bertz CT molecular complexity index is 761. The molecule has 0 bridgehead atoms. The normalized spacial score (nSPS) is 12.7. The molecule has 1 atom stereocenters. The van der Waals surface area contributed by atoms with E-state index in [1.165, 1.54) is 22.0 Å². The highest BCUT2D eigenvalue weighted by Crippen LogP contribution is 2.26. The molecule has 3 rings (SSSR count). The van der Waals surface area contributed by atoms with Gasteiger partial charge >= 0.3 is 0 Å². The third-order valence-corrected chi connectivity index (χ3v) is 4.35. The standard InChI is InChI=1S/C18H19ClN2/c1-13-6-5-7-14(10-13)15(12-19)11-17-16-8-3-4-9-18(16)21(2)20-17/h3-10,15H,11-12H2,1-2H3. The summed E-state index contributed by atoms with van der Waals surface area (Å²) in [6.07, 6.45) is 0.869. The Labute approximate surface area is 130 Å². The molecule has 1 unspecified atom stereocenters. The van der Waals surface area contributed by atoms with Crippen molar-refractivity contribution in [3.05, 3.63) is 65.4 Å². The lowest BCUT2D eigenvalue weighted by Crippen LogP contribution is -2.06.